The summed E-state index contributed by atoms with van der Waals surface area (Å²) in [6.45, 7) is 3.92. The lowest BCUT2D eigenvalue weighted by Gasteiger charge is -2.13. The average Bonchev–Trinajstić information content (AvgIpc) is 2.71. The normalized spacial score (nSPS) is 14.1. The number of carbonyl (C=O) groups is 3. The number of fused-ring (bicyclic) bond motifs is 3. The number of carboxylic acids is 1. The molecule has 0 aromatic heterocycles. The van der Waals surface area contributed by atoms with Crippen LogP contribution in [0.1, 0.15) is 56.4 Å². The number of nitrogens with zero attached hydrogens (tertiary/aromatic N) is 1. The SMILES string of the molecule is CC(C)c1cc2ccc(C(=O)O)cc2c2c1C(=O)N(C)C2=O. The van der Waals surface area contributed by atoms with Crippen molar-refractivity contribution in [2.75, 3.05) is 7.05 Å². The predicted octanol–water partition coefficient (Wildman–Crippen LogP) is 2.89. The summed E-state index contributed by atoms with van der Waals surface area (Å²) in [4.78, 5) is 37.1. The second-order valence-corrected chi connectivity index (χ2v) is 5.78. The number of amides is 2. The van der Waals surface area contributed by atoms with Crippen LogP contribution in [0.5, 0.6) is 0 Å². The third kappa shape index (κ3) is 1.82. The van der Waals surface area contributed by atoms with Gasteiger partial charge in [-0.25, -0.2) is 4.79 Å². The maximum absolute atomic E-state index is 12.4. The van der Waals surface area contributed by atoms with Crippen molar-refractivity contribution in [1.29, 1.82) is 0 Å². The highest BCUT2D eigenvalue weighted by atomic mass is 16.4. The highest BCUT2D eigenvalue weighted by Gasteiger charge is 2.37. The van der Waals surface area contributed by atoms with Gasteiger partial charge in [-0.3, -0.25) is 14.5 Å². The summed E-state index contributed by atoms with van der Waals surface area (Å²) in [6.07, 6.45) is 0. The molecule has 0 spiro atoms. The van der Waals surface area contributed by atoms with E-state index in [-0.39, 0.29) is 23.3 Å². The van der Waals surface area contributed by atoms with Crippen LogP contribution in [0.15, 0.2) is 24.3 Å². The summed E-state index contributed by atoms with van der Waals surface area (Å²) >= 11 is 0. The molecule has 1 N–H and O–H groups in total. The van der Waals surface area contributed by atoms with Crippen LogP contribution in [0.3, 0.4) is 0 Å². The van der Waals surface area contributed by atoms with Gasteiger partial charge in [0.15, 0.2) is 0 Å². The number of aromatic carboxylic acids is 1. The Bertz CT molecular complexity index is 851. The average molecular weight is 297 g/mol. The van der Waals surface area contributed by atoms with Crippen molar-refractivity contribution in [1.82, 2.24) is 4.90 Å². The minimum atomic E-state index is -1.06. The van der Waals surface area contributed by atoms with Gasteiger partial charge in [0.1, 0.15) is 0 Å². The molecule has 1 aliphatic rings. The van der Waals surface area contributed by atoms with Crippen molar-refractivity contribution in [3.63, 3.8) is 0 Å². The molecule has 0 saturated heterocycles. The maximum Gasteiger partial charge on any atom is 0.335 e. The molecule has 0 aliphatic carbocycles. The minimum absolute atomic E-state index is 0.0838. The molecule has 0 bridgehead atoms. The highest BCUT2D eigenvalue weighted by molar-refractivity contribution is 6.27. The molecule has 112 valence electrons. The summed E-state index contributed by atoms with van der Waals surface area (Å²) < 4.78 is 0. The van der Waals surface area contributed by atoms with E-state index in [1.165, 1.54) is 19.2 Å². The van der Waals surface area contributed by atoms with E-state index in [0.717, 1.165) is 15.8 Å². The number of carboxylic acid groups (broad SMARTS) is 1. The Morgan fingerprint density at radius 2 is 1.73 bits per heavy atom. The van der Waals surface area contributed by atoms with Gasteiger partial charge in [-0.15, -0.1) is 0 Å². The third-order valence-corrected chi connectivity index (χ3v) is 4.08. The lowest BCUT2D eigenvalue weighted by Crippen LogP contribution is -2.24. The molecule has 2 aromatic carbocycles. The Morgan fingerprint density at radius 3 is 2.32 bits per heavy atom. The smallest absolute Gasteiger partial charge is 0.335 e. The number of carbonyl (C=O) groups excluding carboxylic acids is 2. The summed E-state index contributed by atoms with van der Waals surface area (Å²) in [5.41, 5.74) is 1.63. The monoisotopic (exact) mass is 297 g/mol. The van der Waals surface area contributed by atoms with Crippen LogP contribution in [-0.4, -0.2) is 34.8 Å². The molecule has 1 heterocycles. The van der Waals surface area contributed by atoms with E-state index in [4.69, 9.17) is 5.11 Å². The molecule has 0 fully saturated rings. The molecule has 0 atom stereocenters. The quantitative estimate of drug-likeness (QED) is 0.865. The van der Waals surface area contributed by atoms with Crippen LogP contribution in [0.25, 0.3) is 10.8 Å². The first-order valence-corrected chi connectivity index (χ1v) is 6.99. The van der Waals surface area contributed by atoms with Gasteiger partial charge in [0.2, 0.25) is 0 Å². The Morgan fingerprint density at radius 1 is 1.09 bits per heavy atom. The molecule has 2 amide bonds. The van der Waals surface area contributed by atoms with Gasteiger partial charge in [-0.1, -0.05) is 26.0 Å². The van der Waals surface area contributed by atoms with Crippen molar-refractivity contribution < 1.29 is 19.5 Å². The number of hydrogen-bond acceptors (Lipinski definition) is 3. The van der Waals surface area contributed by atoms with E-state index in [1.54, 1.807) is 6.07 Å². The zero-order valence-corrected chi connectivity index (χ0v) is 12.5. The number of hydrogen-bond donors (Lipinski definition) is 1. The minimum Gasteiger partial charge on any atom is -0.478 e. The van der Waals surface area contributed by atoms with Crippen molar-refractivity contribution in [2.45, 2.75) is 19.8 Å². The lowest BCUT2D eigenvalue weighted by atomic mass is 9.89. The zero-order chi connectivity index (χ0) is 16.2. The first kappa shape index (κ1) is 14.3. The molecule has 22 heavy (non-hydrogen) atoms. The van der Waals surface area contributed by atoms with Gasteiger partial charge < -0.3 is 5.11 Å². The van der Waals surface area contributed by atoms with E-state index in [1.807, 2.05) is 19.9 Å². The lowest BCUT2D eigenvalue weighted by molar-refractivity contribution is 0.0681. The maximum atomic E-state index is 12.4. The molecule has 5 heteroatoms. The summed E-state index contributed by atoms with van der Waals surface area (Å²) in [7, 11) is 1.45. The fraction of sp³-hybridized carbons (Fsp3) is 0.235. The van der Waals surface area contributed by atoms with Crippen molar-refractivity contribution >= 4 is 28.6 Å². The molecular formula is C17H15NO4. The molecule has 0 unspecified atom stereocenters. The van der Waals surface area contributed by atoms with Crippen LogP contribution in [-0.2, 0) is 0 Å². The highest BCUT2D eigenvalue weighted by Crippen LogP contribution is 2.36. The van der Waals surface area contributed by atoms with Crippen LogP contribution >= 0.6 is 0 Å². The van der Waals surface area contributed by atoms with Crippen LogP contribution < -0.4 is 0 Å². The van der Waals surface area contributed by atoms with E-state index in [0.29, 0.717) is 16.5 Å². The standard InChI is InChI=1S/C17H15NO4/c1-8(2)11-6-9-4-5-10(17(21)22)7-12(9)14-13(11)15(19)18(3)16(14)20/h4-8H,1-3H3,(H,21,22). The van der Waals surface area contributed by atoms with Gasteiger partial charge in [0.25, 0.3) is 11.8 Å². The first-order chi connectivity index (χ1) is 10.3. The summed E-state index contributed by atoms with van der Waals surface area (Å²) in [5, 5.41) is 10.4. The Balaban J connectivity index is 2.46. The molecule has 2 aromatic rings. The van der Waals surface area contributed by atoms with Gasteiger partial charge in [0, 0.05) is 7.05 Å². The van der Waals surface area contributed by atoms with Crippen LogP contribution in [0.2, 0.25) is 0 Å². The number of rotatable bonds is 2. The van der Waals surface area contributed by atoms with Gasteiger partial charge >= 0.3 is 5.97 Å². The van der Waals surface area contributed by atoms with E-state index in [2.05, 4.69) is 0 Å². The largest absolute Gasteiger partial charge is 0.478 e. The molecule has 1 aliphatic heterocycles. The second kappa shape index (κ2) is 4.66. The molecule has 3 rings (SSSR count). The van der Waals surface area contributed by atoms with Crippen LogP contribution in [0, 0.1) is 0 Å². The van der Waals surface area contributed by atoms with Gasteiger partial charge in [0.05, 0.1) is 16.7 Å². The molecule has 0 radical (unpaired) electrons. The van der Waals surface area contributed by atoms with Crippen LogP contribution in [0.4, 0.5) is 0 Å². The Hall–Kier alpha value is -2.69. The fourth-order valence-corrected chi connectivity index (χ4v) is 2.89. The summed E-state index contributed by atoms with van der Waals surface area (Å²) in [6, 6.07) is 6.52. The zero-order valence-electron chi connectivity index (χ0n) is 12.5. The third-order valence-electron chi connectivity index (χ3n) is 4.08. The van der Waals surface area contributed by atoms with Crippen molar-refractivity contribution in [2.24, 2.45) is 0 Å². The van der Waals surface area contributed by atoms with Gasteiger partial charge in [-0.05, 0) is 34.4 Å². The first-order valence-electron chi connectivity index (χ1n) is 6.99. The van der Waals surface area contributed by atoms with E-state index in [9.17, 15) is 14.4 Å². The Labute approximate surface area is 127 Å². The number of imide groups is 1. The van der Waals surface area contributed by atoms with Gasteiger partial charge in [-0.2, -0.15) is 0 Å². The molecule has 0 saturated carbocycles. The molecular weight excluding hydrogens is 282 g/mol. The molecule has 5 nitrogen and oxygen atoms in total. The predicted molar refractivity (Wildman–Crippen MR) is 81.4 cm³/mol. The fourth-order valence-electron chi connectivity index (χ4n) is 2.89. The van der Waals surface area contributed by atoms with Crippen molar-refractivity contribution in [3.05, 3.63) is 46.5 Å². The van der Waals surface area contributed by atoms with E-state index < -0.39 is 5.97 Å². The van der Waals surface area contributed by atoms with E-state index >= 15 is 0 Å². The van der Waals surface area contributed by atoms with Crippen molar-refractivity contribution in [3.8, 4) is 0 Å². The number of benzene rings is 2. The Kier molecular flexibility index (Phi) is 3.02. The summed E-state index contributed by atoms with van der Waals surface area (Å²) in [5.74, 6) is -1.68. The second-order valence-electron chi connectivity index (χ2n) is 5.78. The topological polar surface area (TPSA) is 74.7 Å².